The van der Waals surface area contributed by atoms with Crippen LogP contribution in [0.1, 0.15) is 11.1 Å². The average Bonchev–Trinajstić information content (AvgIpc) is 2.48. The minimum Gasteiger partial charge on any atom is -0.375 e. The number of carbonyl (C=O) groups excluding carboxylic acids is 1. The highest BCUT2D eigenvalue weighted by molar-refractivity contribution is 9.10. The van der Waals surface area contributed by atoms with Gasteiger partial charge < -0.3 is 10.6 Å². The number of rotatable bonds is 4. The van der Waals surface area contributed by atoms with Gasteiger partial charge in [-0.15, -0.1) is 0 Å². The topological polar surface area (TPSA) is 64.9 Å². The van der Waals surface area contributed by atoms with Crippen LogP contribution in [0, 0.1) is 18.3 Å². The Balaban J connectivity index is 1.95. The maximum absolute atomic E-state index is 11.9. The molecule has 0 spiro atoms. The zero-order chi connectivity index (χ0) is 15.2. The number of nitriles is 1. The Labute approximate surface area is 131 Å². The number of carbonyl (C=O) groups is 1. The molecule has 0 radical (unpaired) electrons. The zero-order valence-electron chi connectivity index (χ0n) is 11.5. The molecule has 0 atom stereocenters. The van der Waals surface area contributed by atoms with Gasteiger partial charge in [-0.05, 0) is 37.3 Å². The van der Waals surface area contributed by atoms with Gasteiger partial charge in [0.25, 0.3) is 0 Å². The van der Waals surface area contributed by atoms with E-state index in [4.69, 9.17) is 5.26 Å². The lowest BCUT2D eigenvalue weighted by Gasteiger charge is -2.09. The molecular formula is C16H14BrN3O. The summed E-state index contributed by atoms with van der Waals surface area (Å²) >= 11 is 3.31. The van der Waals surface area contributed by atoms with Gasteiger partial charge in [-0.2, -0.15) is 5.26 Å². The molecule has 5 heteroatoms. The third-order valence-corrected chi connectivity index (χ3v) is 3.37. The van der Waals surface area contributed by atoms with E-state index < -0.39 is 0 Å². The Morgan fingerprint density at radius 3 is 2.62 bits per heavy atom. The third kappa shape index (κ3) is 4.33. The molecule has 0 aliphatic heterocycles. The Hall–Kier alpha value is -2.32. The van der Waals surface area contributed by atoms with Crippen LogP contribution in [0.3, 0.4) is 0 Å². The minimum atomic E-state index is -0.161. The highest BCUT2D eigenvalue weighted by atomic mass is 79.9. The quantitative estimate of drug-likeness (QED) is 0.889. The zero-order valence-corrected chi connectivity index (χ0v) is 13.1. The molecule has 0 aliphatic rings. The Morgan fingerprint density at radius 2 is 1.95 bits per heavy atom. The smallest absolute Gasteiger partial charge is 0.243 e. The van der Waals surface area contributed by atoms with Crippen LogP contribution in [0.2, 0.25) is 0 Å². The Kier molecular flexibility index (Phi) is 4.96. The summed E-state index contributed by atoms with van der Waals surface area (Å²) in [4.78, 5) is 11.9. The predicted octanol–water partition coefficient (Wildman–Crippen LogP) is 3.68. The van der Waals surface area contributed by atoms with Crippen molar-refractivity contribution < 1.29 is 4.79 Å². The van der Waals surface area contributed by atoms with Gasteiger partial charge in [0.15, 0.2) is 0 Å². The number of amides is 1. The molecule has 2 rings (SSSR count). The molecule has 21 heavy (non-hydrogen) atoms. The molecule has 0 bridgehead atoms. The van der Waals surface area contributed by atoms with E-state index in [0.717, 1.165) is 15.7 Å². The molecular weight excluding hydrogens is 330 g/mol. The fourth-order valence-corrected chi connectivity index (χ4v) is 2.14. The van der Waals surface area contributed by atoms with Gasteiger partial charge in [-0.3, -0.25) is 4.79 Å². The molecule has 2 aromatic rings. The van der Waals surface area contributed by atoms with Gasteiger partial charge in [-0.1, -0.05) is 33.6 Å². The normalized spacial score (nSPS) is 9.76. The molecule has 0 saturated heterocycles. The first-order valence-electron chi connectivity index (χ1n) is 6.38. The summed E-state index contributed by atoms with van der Waals surface area (Å²) in [7, 11) is 0. The monoisotopic (exact) mass is 343 g/mol. The molecule has 1 amide bonds. The molecule has 2 aromatic carbocycles. The molecule has 2 N–H and O–H groups in total. The summed E-state index contributed by atoms with van der Waals surface area (Å²) < 4.78 is 0.828. The number of anilines is 2. The summed E-state index contributed by atoms with van der Waals surface area (Å²) in [5.41, 5.74) is 3.02. The lowest BCUT2D eigenvalue weighted by molar-refractivity contribution is -0.114. The lowest BCUT2D eigenvalue weighted by Crippen LogP contribution is -2.22. The second-order valence-corrected chi connectivity index (χ2v) is 5.49. The summed E-state index contributed by atoms with van der Waals surface area (Å²) in [5.74, 6) is -0.161. The van der Waals surface area contributed by atoms with Gasteiger partial charge in [0.1, 0.15) is 6.07 Å². The van der Waals surface area contributed by atoms with Crippen LogP contribution in [-0.4, -0.2) is 12.5 Å². The number of hydrogen-bond acceptors (Lipinski definition) is 3. The van der Waals surface area contributed by atoms with Crippen LogP contribution in [0.4, 0.5) is 11.4 Å². The maximum atomic E-state index is 11.9. The number of aryl methyl sites for hydroxylation is 1. The van der Waals surface area contributed by atoms with Crippen molar-refractivity contribution in [1.29, 1.82) is 5.26 Å². The molecule has 4 nitrogen and oxygen atoms in total. The molecule has 0 fully saturated rings. The summed E-state index contributed by atoms with van der Waals surface area (Å²) in [6.45, 7) is 2.09. The number of hydrogen-bond donors (Lipinski definition) is 2. The second-order valence-electron chi connectivity index (χ2n) is 4.57. The highest BCUT2D eigenvalue weighted by Crippen LogP contribution is 2.20. The number of halogens is 1. The van der Waals surface area contributed by atoms with Crippen LogP contribution < -0.4 is 10.6 Å². The van der Waals surface area contributed by atoms with Gasteiger partial charge in [0.2, 0.25) is 5.91 Å². The Bertz CT molecular complexity index is 690. The van der Waals surface area contributed by atoms with E-state index in [2.05, 4.69) is 32.6 Å². The first kappa shape index (κ1) is 15.1. The molecule has 106 valence electrons. The van der Waals surface area contributed by atoms with Crippen molar-refractivity contribution in [1.82, 2.24) is 0 Å². The standard InChI is InChI=1S/C16H14BrN3O/c1-11-2-5-14(6-3-11)20-16(21)10-19-15-7-4-13(17)8-12(15)9-18/h2-8,19H,10H2,1H3,(H,20,21). The van der Waals surface area contributed by atoms with Gasteiger partial charge in [-0.25, -0.2) is 0 Å². The molecule has 0 aromatic heterocycles. The third-order valence-electron chi connectivity index (χ3n) is 2.88. The van der Waals surface area contributed by atoms with E-state index >= 15 is 0 Å². The summed E-state index contributed by atoms with van der Waals surface area (Å²) in [6, 6.07) is 15.0. The first-order valence-corrected chi connectivity index (χ1v) is 7.18. The largest absolute Gasteiger partial charge is 0.375 e. The molecule has 0 unspecified atom stereocenters. The van der Waals surface area contributed by atoms with Crippen molar-refractivity contribution in [3.8, 4) is 6.07 Å². The maximum Gasteiger partial charge on any atom is 0.243 e. The predicted molar refractivity (Wildman–Crippen MR) is 87.2 cm³/mol. The summed E-state index contributed by atoms with van der Waals surface area (Å²) in [5, 5.41) is 14.8. The number of nitrogens with one attached hydrogen (secondary N) is 2. The van der Waals surface area contributed by atoms with Crippen LogP contribution >= 0.6 is 15.9 Å². The number of nitrogens with zero attached hydrogens (tertiary/aromatic N) is 1. The van der Waals surface area contributed by atoms with E-state index in [-0.39, 0.29) is 12.5 Å². The highest BCUT2D eigenvalue weighted by Gasteiger charge is 2.06. The lowest BCUT2D eigenvalue weighted by atomic mass is 10.2. The van der Waals surface area contributed by atoms with Crippen LogP contribution in [0.5, 0.6) is 0 Å². The number of benzene rings is 2. The molecule has 0 aliphatic carbocycles. The average molecular weight is 344 g/mol. The van der Waals surface area contributed by atoms with E-state index in [1.165, 1.54) is 0 Å². The molecule has 0 saturated carbocycles. The van der Waals surface area contributed by atoms with Gasteiger partial charge in [0.05, 0.1) is 17.8 Å². The SMILES string of the molecule is Cc1ccc(NC(=O)CNc2ccc(Br)cc2C#N)cc1. The van der Waals surface area contributed by atoms with Crippen LogP contribution in [0.15, 0.2) is 46.9 Å². The van der Waals surface area contributed by atoms with Crippen molar-refractivity contribution in [2.24, 2.45) is 0 Å². The van der Waals surface area contributed by atoms with E-state index in [9.17, 15) is 4.79 Å². The van der Waals surface area contributed by atoms with E-state index in [1.54, 1.807) is 12.1 Å². The second kappa shape index (κ2) is 6.91. The van der Waals surface area contributed by atoms with Gasteiger partial charge >= 0.3 is 0 Å². The van der Waals surface area contributed by atoms with Crippen LogP contribution in [-0.2, 0) is 4.79 Å². The van der Waals surface area contributed by atoms with Gasteiger partial charge in [0, 0.05) is 10.2 Å². The fourth-order valence-electron chi connectivity index (χ4n) is 1.78. The van der Waals surface area contributed by atoms with Crippen molar-refractivity contribution in [3.63, 3.8) is 0 Å². The van der Waals surface area contributed by atoms with Crippen molar-refractivity contribution in [2.75, 3.05) is 17.2 Å². The van der Waals surface area contributed by atoms with E-state index in [1.807, 2.05) is 37.3 Å². The first-order chi connectivity index (χ1) is 10.1. The van der Waals surface area contributed by atoms with Crippen molar-refractivity contribution in [2.45, 2.75) is 6.92 Å². The molecule has 0 heterocycles. The minimum absolute atomic E-state index is 0.101. The summed E-state index contributed by atoms with van der Waals surface area (Å²) in [6.07, 6.45) is 0. The van der Waals surface area contributed by atoms with E-state index in [0.29, 0.717) is 11.3 Å². The van der Waals surface area contributed by atoms with Crippen molar-refractivity contribution in [3.05, 3.63) is 58.1 Å². The fraction of sp³-hybridized carbons (Fsp3) is 0.125. The Morgan fingerprint density at radius 1 is 1.24 bits per heavy atom. The van der Waals surface area contributed by atoms with Crippen LogP contribution in [0.25, 0.3) is 0 Å². The van der Waals surface area contributed by atoms with Crippen molar-refractivity contribution >= 4 is 33.2 Å².